The molecule has 0 aliphatic carbocycles. The van der Waals surface area contributed by atoms with Crippen molar-refractivity contribution < 1.29 is 4.79 Å². The summed E-state index contributed by atoms with van der Waals surface area (Å²) in [5, 5.41) is 3.04. The minimum Gasteiger partial charge on any atom is -0.353 e. The molecular formula is C18H30BrCl2N3O. The number of nitrogens with one attached hydrogen (secondary N) is 1. The third-order valence-electron chi connectivity index (χ3n) is 4.89. The number of hydrogen-bond donors (Lipinski definition) is 2. The van der Waals surface area contributed by atoms with Crippen LogP contribution in [-0.4, -0.2) is 36.0 Å². The molecule has 25 heavy (non-hydrogen) atoms. The van der Waals surface area contributed by atoms with Crippen molar-refractivity contribution in [2.75, 3.05) is 13.1 Å². The maximum Gasteiger partial charge on any atom is 0.244 e. The highest BCUT2D eigenvalue weighted by atomic mass is 79.9. The minimum atomic E-state index is -1.02. The number of nitrogens with two attached hydrogens (primary N) is 1. The summed E-state index contributed by atoms with van der Waals surface area (Å²) in [7, 11) is 0. The summed E-state index contributed by atoms with van der Waals surface area (Å²) in [4.78, 5) is 15.0. The van der Waals surface area contributed by atoms with Gasteiger partial charge in [-0.05, 0) is 57.9 Å². The lowest BCUT2D eigenvalue weighted by molar-refractivity contribution is -0.126. The molecule has 0 saturated carbocycles. The van der Waals surface area contributed by atoms with Crippen LogP contribution in [0.2, 0.25) is 0 Å². The van der Waals surface area contributed by atoms with Gasteiger partial charge in [-0.3, -0.25) is 9.69 Å². The number of benzene rings is 1. The fourth-order valence-electron chi connectivity index (χ4n) is 3.24. The number of hydrogen-bond acceptors (Lipinski definition) is 3. The van der Waals surface area contributed by atoms with Crippen LogP contribution in [0.3, 0.4) is 0 Å². The van der Waals surface area contributed by atoms with Crippen LogP contribution >= 0.6 is 40.7 Å². The van der Waals surface area contributed by atoms with Gasteiger partial charge >= 0.3 is 0 Å². The fraction of sp³-hybridized carbons (Fsp3) is 0.611. The van der Waals surface area contributed by atoms with Crippen molar-refractivity contribution in [1.29, 1.82) is 0 Å². The second-order valence-corrected chi connectivity index (χ2v) is 7.77. The second kappa shape index (κ2) is 10.7. The number of likely N-dealkylation sites (tertiary alicyclic amines) is 1. The molecule has 7 heteroatoms. The summed E-state index contributed by atoms with van der Waals surface area (Å²) in [5.74, 6) is -0.128. The fourth-order valence-corrected chi connectivity index (χ4v) is 3.51. The molecular weight excluding hydrogens is 425 g/mol. The van der Waals surface area contributed by atoms with E-state index in [2.05, 4.69) is 40.0 Å². The number of piperidine rings is 1. The molecule has 0 radical (unpaired) electrons. The molecule has 1 aliphatic heterocycles. The van der Waals surface area contributed by atoms with Crippen LogP contribution in [0.4, 0.5) is 0 Å². The van der Waals surface area contributed by atoms with Crippen molar-refractivity contribution in [3.8, 4) is 0 Å². The number of carbonyl (C=O) groups excluding carboxylic acids is 1. The highest BCUT2D eigenvalue weighted by molar-refractivity contribution is 9.10. The van der Waals surface area contributed by atoms with Crippen LogP contribution < -0.4 is 11.1 Å². The summed E-state index contributed by atoms with van der Waals surface area (Å²) in [5.41, 5.74) is 6.08. The van der Waals surface area contributed by atoms with Gasteiger partial charge in [0.15, 0.2) is 0 Å². The molecule has 3 atom stereocenters. The van der Waals surface area contributed by atoms with Crippen LogP contribution in [0.1, 0.15) is 45.6 Å². The van der Waals surface area contributed by atoms with Crippen molar-refractivity contribution in [3.63, 3.8) is 0 Å². The van der Waals surface area contributed by atoms with E-state index in [4.69, 9.17) is 5.73 Å². The van der Waals surface area contributed by atoms with E-state index in [1.54, 1.807) is 6.92 Å². The predicted molar refractivity (Wildman–Crippen MR) is 113 cm³/mol. The first-order valence-electron chi connectivity index (χ1n) is 8.41. The molecule has 1 amide bonds. The molecule has 144 valence electrons. The predicted octanol–water partition coefficient (Wildman–Crippen LogP) is 3.85. The molecule has 0 bridgehead atoms. The molecule has 1 fully saturated rings. The van der Waals surface area contributed by atoms with Gasteiger partial charge in [0.2, 0.25) is 5.91 Å². The van der Waals surface area contributed by atoms with Crippen molar-refractivity contribution >= 4 is 46.7 Å². The SMILES string of the molecule is CC1CCCCN1C(C)CNC(=O)C(C)(N)c1ccc(Br)cc1.Cl.Cl. The summed E-state index contributed by atoms with van der Waals surface area (Å²) < 4.78 is 0.977. The summed E-state index contributed by atoms with van der Waals surface area (Å²) in [6.45, 7) is 7.96. The van der Waals surface area contributed by atoms with Gasteiger partial charge in [0.1, 0.15) is 5.54 Å². The molecule has 2 rings (SSSR count). The van der Waals surface area contributed by atoms with E-state index in [0.717, 1.165) is 16.6 Å². The average molecular weight is 455 g/mol. The van der Waals surface area contributed by atoms with Gasteiger partial charge in [-0.15, -0.1) is 24.8 Å². The van der Waals surface area contributed by atoms with Crippen LogP contribution in [0.5, 0.6) is 0 Å². The Hall–Kier alpha value is -0.330. The standard InChI is InChI=1S/C18H28BrN3O.2ClH/c1-13-6-4-5-11-22(13)14(2)12-21-17(23)18(3,20)15-7-9-16(19)10-8-15;;/h7-10,13-14H,4-6,11-12,20H2,1-3H3,(H,21,23);2*1H. The highest BCUT2D eigenvalue weighted by Crippen LogP contribution is 2.21. The van der Waals surface area contributed by atoms with Crippen molar-refractivity contribution in [2.45, 2.75) is 57.7 Å². The van der Waals surface area contributed by atoms with Crippen LogP contribution in [0, 0.1) is 0 Å². The van der Waals surface area contributed by atoms with Gasteiger partial charge in [0.05, 0.1) is 0 Å². The van der Waals surface area contributed by atoms with Crippen molar-refractivity contribution in [1.82, 2.24) is 10.2 Å². The molecule has 1 saturated heterocycles. The zero-order valence-electron chi connectivity index (χ0n) is 15.1. The Bertz CT molecular complexity index is 540. The zero-order valence-corrected chi connectivity index (χ0v) is 18.3. The quantitative estimate of drug-likeness (QED) is 0.710. The molecule has 0 aromatic heterocycles. The molecule has 0 spiro atoms. The topological polar surface area (TPSA) is 58.4 Å². The van der Waals surface area contributed by atoms with Gasteiger partial charge in [-0.2, -0.15) is 0 Å². The molecule has 1 aliphatic rings. The van der Waals surface area contributed by atoms with Gasteiger partial charge < -0.3 is 11.1 Å². The van der Waals surface area contributed by atoms with Gasteiger partial charge in [0, 0.05) is 23.1 Å². The van der Waals surface area contributed by atoms with E-state index in [0.29, 0.717) is 18.6 Å². The first kappa shape index (κ1) is 24.7. The Morgan fingerprint density at radius 1 is 1.36 bits per heavy atom. The number of nitrogens with zero attached hydrogens (tertiary/aromatic N) is 1. The second-order valence-electron chi connectivity index (χ2n) is 6.85. The summed E-state index contributed by atoms with van der Waals surface area (Å²) in [6.07, 6.45) is 3.79. The lowest BCUT2D eigenvalue weighted by atomic mass is 9.92. The monoisotopic (exact) mass is 453 g/mol. The van der Waals surface area contributed by atoms with E-state index < -0.39 is 5.54 Å². The lowest BCUT2D eigenvalue weighted by Gasteiger charge is -2.38. The Morgan fingerprint density at radius 3 is 2.52 bits per heavy atom. The van der Waals surface area contributed by atoms with Gasteiger partial charge in [0.25, 0.3) is 0 Å². The summed E-state index contributed by atoms with van der Waals surface area (Å²) in [6, 6.07) is 8.51. The van der Waals surface area contributed by atoms with Crippen molar-refractivity contribution in [2.24, 2.45) is 5.73 Å². The lowest BCUT2D eigenvalue weighted by Crippen LogP contribution is -2.53. The normalized spacial score (nSPS) is 21.2. The number of amides is 1. The van der Waals surface area contributed by atoms with E-state index in [-0.39, 0.29) is 30.7 Å². The van der Waals surface area contributed by atoms with E-state index in [1.807, 2.05) is 24.3 Å². The molecule has 4 nitrogen and oxygen atoms in total. The molecule has 3 N–H and O–H groups in total. The Balaban J connectivity index is 0.00000288. The summed E-state index contributed by atoms with van der Waals surface area (Å²) >= 11 is 3.40. The van der Waals surface area contributed by atoms with Crippen LogP contribution in [0.15, 0.2) is 28.7 Å². The van der Waals surface area contributed by atoms with Gasteiger partial charge in [-0.1, -0.05) is 34.5 Å². The third kappa shape index (κ3) is 6.40. The number of rotatable bonds is 5. The van der Waals surface area contributed by atoms with E-state index in [9.17, 15) is 4.79 Å². The maximum absolute atomic E-state index is 12.6. The molecule has 3 unspecified atom stereocenters. The first-order valence-corrected chi connectivity index (χ1v) is 9.20. The average Bonchev–Trinajstić information content (AvgIpc) is 2.53. The van der Waals surface area contributed by atoms with Crippen molar-refractivity contribution in [3.05, 3.63) is 34.3 Å². The Kier molecular flexibility index (Phi) is 10.6. The van der Waals surface area contributed by atoms with Gasteiger partial charge in [-0.25, -0.2) is 0 Å². The largest absolute Gasteiger partial charge is 0.353 e. The van der Waals surface area contributed by atoms with Crippen LogP contribution in [-0.2, 0) is 10.3 Å². The molecule has 1 heterocycles. The van der Waals surface area contributed by atoms with Crippen LogP contribution in [0.25, 0.3) is 0 Å². The number of halogens is 3. The Morgan fingerprint density at radius 2 is 1.96 bits per heavy atom. The smallest absolute Gasteiger partial charge is 0.244 e. The van der Waals surface area contributed by atoms with E-state index in [1.165, 1.54) is 19.3 Å². The molecule has 1 aromatic carbocycles. The highest BCUT2D eigenvalue weighted by Gasteiger charge is 2.31. The Labute approximate surface area is 172 Å². The third-order valence-corrected chi connectivity index (χ3v) is 5.42. The number of carbonyl (C=O) groups is 1. The maximum atomic E-state index is 12.6. The zero-order chi connectivity index (χ0) is 17.0. The molecule has 1 aromatic rings. The minimum absolute atomic E-state index is 0. The first-order chi connectivity index (χ1) is 10.8. The van der Waals surface area contributed by atoms with E-state index >= 15 is 0 Å².